The fraction of sp³-hybridized carbons (Fsp3) is 0.462. The molecule has 0 amide bonds. The fourth-order valence-electron chi connectivity index (χ4n) is 2.43. The molecule has 0 radical (unpaired) electrons. The van der Waals surface area contributed by atoms with Crippen LogP contribution in [0.1, 0.15) is 19.3 Å². The number of hydrogen-bond acceptors (Lipinski definition) is 3. The van der Waals surface area contributed by atoms with Gasteiger partial charge in [0.1, 0.15) is 5.82 Å². The molecule has 4 nitrogen and oxygen atoms in total. The first-order chi connectivity index (χ1) is 8.48. The highest BCUT2D eigenvalue weighted by atomic mass is 19.1. The van der Waals surface area contributed by atoms with Crippen LogP contribution in [-0.2, 0) is 4.79 Å². The van der Waals surface area contributed by atoms with Crippen molar-refractivity contribution in [3.8, 4) is 0 Å². The van der Waals surface area contributed by atoms with Gasteiger partial charge in [-0.3, -0.25) is 4.79 Å². The standard InChI is InChI=1S/C13H16FNO3/c14-10-3-1-4-11(7-10)15-6-2-5-13(18,9-15)8-12(16)17/h1,3-4,7,18H,2,5-6,8-9H2,(H,16,17). The van der Waals surface area contributed by atoms with Crippen LogP contribution in [0.5, 0.6) is 0 Å². The predicted octanol–water partition coefficient (Wildman–Crippen LogP) is 1.63. The quantitative estimate of drug-likeness (QED) is 0.859. The number of halogens is 1. The molecule has 98 valence electrons. The lowest BCUT2D eigenvalue weighted by Crippen LogP contribution is -2.49. The molecule has 5 heteroatoms. The molecule has 1 atom stereocenters. The molecule has 1 unspecified atom stereocenters. The highest BCUT2D eigenvalue weighted by Gasteiger charge is 2.35. The van der Waals surface area contributed by atoms with E-state index in [0.29, 0.717) is 25.1 Å². The van der Waals surface area contributed by atoms with Gasteiger partial charge in [-0.2, -0.15) is 0 Å². The van der Waals surface area contributed by atoms with Crippen molar-refractivity contribution >= 4 is 11.7 Å². The lowest BCUT2D eigenvalue weighted by atomic mass is 9.89. The van der Waals surface area contributed by atoms with Crippen molar-refractivity contribution < 1.29 is 19.4 Å². The van der Waals surface area contributed by atoms with Gasteiger partial charge in [0.2, 0.25) is 0 Å². The van der Waals surface area contributed by atoms with E-state index in [4.69, 9.17) is 5.11 Å². The minimum atomic E-state index is -1.23. The summed E-state index contributed by atoms with van der Waals surface area (Å²) < 4.78 is 13.1. The van der Waals surface area contributed by atoms with E-state index in [9.17, 15) is 14.3 Å². The number of carboxylic acid groups (broad SMARTS) is 1. The van der Waals surface area contributed by atoms with Crippen LogP contribution < -0.4 is 4.90 Å². The van der Waals surface area contributed by atoms with Crippen molar-refractivity contribution in [2.45, 2.75) is 24.9 Å². The van der Waals surface area contributed by atoms with E-state index in [1.165, 1.54) is 12.1 Å². The average molecular weight is 253 g/mol. The Balaban J connectivity index is 2.13. The highest BCUT2D eigenvalue weighted by molar-refractivity contribution is 5.68. The maximum atomic E-state index is 13.1. The van der Waals surface area contributed by atoms with Gasteiger partial charge in [0.15, 0.2) is 0 Å². The largest absolute Gasteiger partial charge is 0.481 e. The summed E-state index contributed by atoms with van der Waals surface area (Å²) in [5.74, 6) is -1.35. The van der Waals surface area contributed by atoms with Gasteiger partial charge < -0.3 is 15.1 Å². The molecule has 2 rings (SSSR count). The third-order valence-corrected chi connectivity index (χ3v) is 3.21. The second kappa shape index (κ2) is 4.94. The summed E-state index contributed by atoms with van der Waals surface area (Å²) in [7, 11) is 0. The molecule has 1 aliphatic rings. The molecule has 0 bridgehead atoms. The van der Waals surface area contributed by atoms with Crippen molar-refractivity contribution in [1.82, 2.24) is 0 Å². The van der Waals surface area contributed by atoms with Crippen LogP contribution in [0.15, 0.2) is 24.3 Å². The molecule has 1 saturated heterocycles. The number of carbonyl (C=O) groups is 1. The number of piperidine rings is 1. The molecular weight excluding hydrogens is 237 g/mol. The smallest absolute Gasteiger partial charge is 0.306 e. The van der Waals surface area contributed by atoms with E-state index in [2.05, 4.69) is 0 Å². The first kappa shape index (κ1) is 12.8. The van der Waals surface area contributed by atoms with E-state index in [1.54, 1.807) is 12.1 Å². The number of carboxylic acids is 1. The molecule has 1 heterocycles. The average Bonchev–Trinajstić information content (AvgIpc) is 2.27. The number of hydrogen-bond donors (Lipinski definition) is 2. The second-order valence-electron chi connectivity index (χ2n) is 4.80. The van der Waals surface area contributed by atoms with Gasteiger partial charge in [0.25, 0.3) is 0 Å². The van der Waals surface area contributed by atoms with Crippen LogP contribution in [0, 0.1) is 5.82 Å². The third-order valence-electron chi connectivity index (χ3n) is 3.21. The lowest BCUT2D eigenvalue weighted by molar-refractivity contribution is -0.142. The molecule has 0 aliphatic carbocycles. The summed E-state index contributed by atoms with van der Waals surface area (Å²) in [4.78, 5) is 12.6. The van der Waals surface area contributed by atoms with E-state index in [-0.39, 0.29) is 18.8 Å². The number of β-amino-alcohol motifs (C(OH)–C–C–N with tert-alkyl or cyclic N) is 1. The van der Waals surface area contributed by atoms with Crippen molar-refractivity contribution in [3.63, 3.8) is 0 Å². The molecule has 1 aliphatic heterocycles. The van der Waals surface area contributed by atoms with E-state index < -0.39 is 11.6 Å². The van der Waals surface area contributed by atoms with Crippen molar-refractivity contribution in [2.24, 2.45) is 0 Å². The Hall–Kier alpha value is -1.62. The molecule has 1 aromatic carbocycles. The van der Waals surface area contributed by atoms with Gasteiger partial charge in [0, 0.05) is 18.8 Å². The molecule has 18 heavy (non-hydrogen) atoms. The summed E-state index contributed by atoms with van der Waals surface area (Å²) in [6.45, 7) is 0.925. The molecule has 2 N–H and O–H groups in total. The van der Waals surface area contributed by atoms with Crippen LogP contribution in [0.25, 0.3) is 0 Å². The van der Waals surface area contributed by atoms with Gasteiger partial charge in [-0.1, -0.05) is 6.07 Å². The first-order valence-electron chi connectivity index (χ1n) is 5.93. The zero-order chi connectivity index (χ0) is 13.2. The second-order valence-corrected chi connectivity index (χ2v) is 4.80. The van der Waals surface area contributed by atoms with Crippen molar-refractivity contribution in [2.75, 3.05) is 18.0 Å². The third kappa shape index (κ3) is 2.98. The zero-order valence-corrected chi connectivity index (χ0v) is 9.97. The molecule has 1 aromatic rings. The molecule has 0 spiro atoms. The van der Waals surface area contributed by atoms with Gasteiger partial charge in [-0.25, -0.2) is 4.39 Å². The topological polar surface area (TPSA) is 60.8 Å². The highest BCUT2D eigenvalue weighted by Crippen LogP contribution is 2.28. The number of benzene rings is 1. The maximum absolute atomic E-state index is 13.1. The van der Waals surface area contributed by atoms with Crippen molar-refractivity contribution in [3.05, 3.63) is 30.1 Å². The van der Waals surface area contributed by atoms with E-state index >= 15 is 0 Å². The SMILES string of the molecule is O=C(O)CC1(O)CCCN(c2cccc(F)c2)C1. The Morgan fingerprint density at radius 1 is 1.50 bits per heavy atom. The van der Waals surface area contributed by atoms with Gasteiger partial charge >= 0.3 is 5.97 Å². The van der Waals surface area contributed by atoms with Crippen LogP contribution in [0.2, 0.25) is 0 Å². The summed E-state index contributed by atoms with van der Waals surface area (Å²) in [5.41, 5.74) is -0.547. The first-order valence-corrected chi connectivity index (χ1v) is 5.93. The van der Waals surface area contributed by atoms with Gasteiger partial charge in [-0.05, 0) is 31.0 Å². The maximum Gasteiger partial charge on any atom is 0.306 e. The Kier molecular flexibility index (Phi) is 3.52. The van der Waals surface area contributed by atoms with Crippen LogP contribution in [-0.4, -0.2) is 34.9 Å². The van der Waals surface area contributed by atoms with Crippen LogP contribution in [0.3, 0.4) is 0 Å². The summed E-state index contributed by atoms with van der Waals surface area (Å²) >= 11 is 0. The Morgan fingerprint density at radius 3 is 2.94 bits per heavy atom. The number of rotatable bonds is 3. The van der Waals surface area contributed by atoms with E-state index in [0.717, 1.165) is 0 Å². The monoisotopic (exact) mass is 253 g/mol. The predicted molar refractivity (Wildman–Crippen MR) is 65.0 cm³/mol. The summed E-state index contributed by atoms with van der Waals surface area (Å²) in [5, 5.41) is 19.0. The Bertz CT molecular complexity index is 452. The number of nitrogens with zero attached hydrogens (tertiary/aromatic N) is 1. The molecule has 0 saturated carbocycles. The van der Waals surface area contributed by atoms with Gasteiger partial charge in [0.05, 0.1) is 12.0 Å². The Labute approximate surface area is 105 Å². The minimum absolute atomic E-state index is 0.225. The number of aliphatic carboxylic acids is 1. The van der Waals surface area contributed by atoms with Crippen LogP contribution >= 0.6 is 0 Å². The zero-order valence-electron chi connectivity index (χ0n) is 9.97. The fourth-order valence-corrected chi connectivity index (χ4v) is 2.43. The van der Waals surface area contributed by atoms with Crippen LogP contribution in [0.4, 0.5) is 10.1 Å². The van der Waals surface area contributed by atoms with E-state index in [1.807, 2.05) is 4.90 Å². The minimum Gasteiger partial charge on any atom is -0.481 e. The Morgan fingerprint density at radius 2 is 2.28 bits per heavy atom. The number of anilines is 1. The number of aliphatic hydroxyl groups is 1. The normalized spacial score (nSPS) is 24.0. The molecule has 0 aromatic heterocycles. The summed E-state index contributed by atoms with van der Waals surface area (Å²) in [6, 6.07) is 6.12. The van der Waals surface area contributed by atoms with Crippen molar-refractivity contribution in [1.29, 1.82) is 0 Å². The lowest BCUT2D eigenvalue weighted by Gasteiger charge is -2.39. The summed E-state index contributed by atoms with van der Waals surface area (Å²) in [6.07, 6.45) is 0.879. The molecule has 1 fully saturated rings. The molecular formula is C13H16FNO3. The van der Waals surface area contributed by atoms with Gasteiger partial charge in [-0.15, -0.1) is 0 Å².